The van der Waals surface area contributed by atoms with Crippen molar-refractivity contribution in [3.8, 4) is 0 Å². The predicted molar refractivity (Wildman–Crippen MR) is 79.9 cm³/mol. The van der Waals surface area contributed by atoms with Gasteiger partial charge in [0.2, 0.25) is 5.91 Å². The van der Waals surface area contributed by atoms with E-state index in [9.17, 15) is 9.59 Å². The molecule has 0 spiro atoms. The maximum Gasteiger partial charge on any atom is 0.251 e. The van der Waals surface area contributed by atoms with E-state index in [4.69, 9.17) is 11.6 Å². The molecule has 6 heteroatoms. The van der Waals surface area contributed by atoms with Crippen LogP contribution in [0.3, 0.4) is 0 Å². The lowest BCUT2D eigenvalue weighted by Gasteiger charge is -2.07. The van der Waals surface area contributed by atoms with Crippen LogP contribution < -0.4 is 10.6 Å². The first kappa shape index (κ1) is 15.0. The van der Waals surface area contributed by atoms with Gasteiger partial charge in [-0.2, -0.15) is 0 Å². The summed E-state index contributed by atoms with van der Waals surface area (Å²) in [4.78, 5) is 27.4. The molecule has 2 N–H and O–H groups in total. The van der Waals surface area contributed by atoms with Gasteiger partial charge in [-0.25, -0.2) is 0 Å². The fourth-order valence-corrected chi connectivity index (χ4v) is 1.85. The van der Waals surface area contributed by atoms with Crippen molar-refractivity contribution in [3.63, 3.8) is 0 Å². The molecule has 1 aromatic carbocycles. The molecule has 0 aliphatic heterocycles. The number of hydrogen-bond donors (Lipinski definition) is 2. The second-order valence-electron chi connectivity index (χ2n) is 4.33. The maximum atomic E-state index is 11.8. The highest BCUT2D eigenvalue weighted by Gasteiger charge is 2.08. The van der Waals surface area contributed by atoms with Crippen LogP contribution in [0, 0.1) is 0 Å². The zero-order valence-electron chi connectivity index (χ0n) is 11.2. The van der Waals surface area contributed by atoms with Gasteiger partial charge in [0.15, 0.2) is 0 Å². The average Bonchev–Trinajstić information content (AvgIpc) is 2.51. The predicted octanol–water partition coefficient (Wildman–Crippen LogP) is 1.78. The van der Waals surface area contributed by atoms with Crippen molar-refractivity contribution in [1.29, 1.82) is 0 Å². The minimum absolute atomic E-state index is 0.0917. The SMILES string of the molecule is O=C(CNC(=O)c1cccc(Cl)c1)NCc1cccnc1. The Morgan fingerprint density at radius 3 is 2.71 bits per heavy atom. The topological polar surface area (TPSA) is 71.1 Å². The second kappa shape index (κ2) is 7.40. The van der Waals surface area contributed by atoms with E-state index in [-0.39, 0.29) is 18.4 Å². The van der Waals surface area contributed by atoms with Crippen molar-refractivity contribution in [3.05, 3.63) is 64.9 Å². The number of amides is 2. The number of nitrogens with zero attached hydrogens (tertiary/aromatic N) is 1. The third-order valence-corrected chi connectivity index (χ3v) is 2.94. The van der Waals surface area contributed by atoms with Crippen LogP contribution in [-0.4, -0.2) is 23.3 Å². The highest BCUT2D eigenvalue weighted by molar-refractivity contribution is 6.30. The van der Waals surface area contributed by atoms with Crippen LogP contribution in [0.2, 0.25) is 5.02 Å². The van der Waals surface area contributed by atoms with Crippen molar-refractivity contribution in [2.45, 2.75) is 6.54 Å². The number of aromatic nitrogens is 1. The lowest BCUT2D eigenvalue weighted by molar-refractivity contribution is -0.120. The molecule has 0 atom stereocenters. The van der Waals surface area contributed by atoms with E-state index in [1.54, 1.807) is 42.7 Å². The Kier molecular flexibility index (Phi) is 5.29. The summed E-state index contributed by atoms with van der Waals surface area (Å²) in [5.74, 6) is -0.608. The van der Waals surface area contributed by atoms with Gasteiger partial charge >= 0.3 is 0 Å². The van der Waals surface area contributed by atoms with Crippen molar-refractivity contribution in [2.75, 3.05) is 6.54 Å². The summed E-state index contributed by atoms with van der Waals surface area (Å²) in [6, 6.07) is 10.2. The van der Waals surface area contributed by atoms with Crippen LogP contribution in [0.4, 0.5) is 0 Å². The van der Waals surface area contributed by atoms with E-state index in [1.807, 2.05) is 6.07 Å². The van der Waals surface area contributed by atoms with Crippen LogP contribution >= 0.6 is 11.6 Å². The Morgan fingerprint density at radius 2 is 2.00 bits per heavy atom. The van der Waals surface area contributed by atoms with Crippen LogP contribution in [-0.2, 0) is 11.3 Å². The van der Waals surface area contributed by atoms with Gasteiger partial charge in [0.25, 0.3) is 5.91 Å². The number of hydrogen-bond acceptors (Lipinski definition) is 3. The number of pyridine rings is 1. The molecule has 0 saturated heterocycles. The van der Waals surface area contributed by atoms with E-state index in [0.717, 1.165) is 5.56 Å². The van der Waals surface area contributed by atoms with Gasteiger partial charge in [0.1, 0.15) is 0 Å². The quantitative estimate of drug-likeness (QED) is 0.884. The molecule has 2 amide bonds. The first-order valence-electron chi connectivity index (χ1n) is 6.34. The summed E-state index contributed by atoms with van der Waals surface area (Å²) in [5, 5.41) is 5.71. The van der Waals surface area contributed by atoms with Crippen molar-refractivity contribution in [1.82, 2.24) is 15.6 Å². The number of carbonyl (C=O) groups is 2. The molecule has 0 saturated carbocycles. The van der Waals surface area contributed by atoms with E-state index >= 15 is 0 Å². The lowest BCUT2D eigenvalue weighted by Crippen LogP contribution is -2.36. The molecule has 1 heterocycles. The minimum Gasteiger partial charge on any atom is -0.350 e. The van der Waals surface area contributed by atoms with Gasteiger partial charge in [-0.3, -0.25) is 14.6 Å². The van der Waals surface area contributed by atoms with Gasteiger partial charge in [0, 0.05) is 29.5 Å². The van der Waals surface area contributed by atoms with Crippen molar-refractivity contribution >= 4 is 23.4 Å². The monoisotopic (exact) mass is 303 g/mol. The Hall–Kier alpha value is -2.40. The lowest BCUT2D eigenvalue weighted by atomic mass is 10.2. The zero-order chi connectivity index (χ0) is 15.1. The van der Waals surface area contributed by atoms with E-state index in [1.165, 1.54) is 0 Å². The fourth-order valence-electron chi connectivity index (χ4n) is 1.66. The molecule has 0 aliphatic rings. The molecule has 5 nitrogen and oxygen atoms in total. The van der Waals surface area contributed by atoms with Crippen molar-refractivity contribution < 1.29 is 9.59 Å². The Labute approximate surface area is 127 Å². The summed E-state index contributed by atoms with van der Waals surface area (Å²) >= 11 is 5.80. The summed E-state index contributed by atoms with van der Waals surface area (Å²) in [7, 11) is 0. The van der Waals surface area contributed by atoms with Gasteiger partial charge in [0.05, 0.1) is 6.54 Å². The highest BCUT2D eigenvalue weighted by atomic mass is 35.5. The fraction of sp³-hybridized carbons (Fsp3) is 0.133. The molecule has 0 fully saturated rings. The summed E-state index contributed by atoms with van der Waals surface area (Å²) < 4.78 is 0. The smallest absolute Gasteiger partial charge is 0.251 e. The Balaban J connectivity index is 1.77. The molecule has 0 radical (unpaired) electrons. The Bertz CT molecular complexity index is 632. The van der Waals surface area contributed by atoms with Crippen LogP contribution in [0.5, 0.6) is 0 Å². The largest absolute Gasteiger partial charge is 0.350 e. The van der Waals surface area contributed by atoms with Gasteiger partial charge in [-0.15, -0.1) is 0 Å². The van der Waals surface area contributed by atoms with E-state index in [0.29, 0.717) is 17.1 Å². The molecule has 2 aromatic rings. The normalized spacial score (nSPS) is 9.95. The van der Waals surface area contributed by atoms with Crippen LogP contribution in [0.25, 0.3) is 0 Å². The third kappa shape index (κ3) is 4.89. The molecule has 108 valence electrons. The molecule has 0 aliphatic carbocycles. The maximum absolute atomic E-state index is 11.8. The van der Waals surface area contributed by atoms with Crippen LogP contribution in [0.1, 0.15) is 15.9 Å². The number of rotatable bonds is 5. The van der Waals surface area contributed by atoms with Gasteiger partial charge < -0.3 is 10.6 Å². The molecule has 1 aromatic heterocycles. The number of benzene rings is 1. The standard InChI is InChI=1S/C15H14ClN3O2/c16-13-5-1-4-12(7-13)15(21)19-10-14(20)18-9-11-3-2-6-17-8-11/h1-8H,9-10H2,(H,18,20)(H,19,21). The van der Waals surface area contributed by atoms with E-state index < -0.39 is 0 Å². The number of halogens is 1. The number of carbonyl (C=O) groups excluding carboxylic acids is 2. The summed E-state index contributed by atoms with van der Waals surface area (Å²) in [6.45, 7) is 0.283. The molecular formula is C15H14ClN3O2. The first-order chi connectivity index (χ1) is 10.1. The molecular weight excluding hydrogens is 290 g/mol. The molecule has 0 bridgehead atoms. The summed E-state index contributed by atoms with van der Waals surface area (Å²) in [6.07, 6.45) is 3.33. The minimum atomic E-state index is -0.339. The van der Waals surface area contributed by atoms with E-state index in [2.05, 4.69) is 15.6 Å². The van der Waals surface area contributed by atoms with Gasteiger partial charge in [-0.05, 0) is 29.8 Å². The van der Waals surface area contributed by atoms with Gasteiger partial charge in [-0.1, -0.05) is 23.7 Å². The van der Waals surface area contributed by atoms with Crippen LogP contribution in [0.15, 0.2) is 48.8 Å². The Morgan fingerprint density at radius 1 is 1.14 bits per heavy atom. The average molecular weight is 304 g/mol. The highest BCUT2D eigenvalue weighted by Crippen LogP contribution is 2.10. The molecule has 0 unspecified atom stereocenters. The third-order valence-electron chi connectivity index (χ3n) is 2.71. The summed E-state index contributed by atoms with van der Waals surface area (Å²) in [5.41, 5.74) is 1.31. The second-order valence-corrected chi connectivity index (χ2v) is 4.77. The molecule has 21 heavy (non-hydrogen) atoms. The number of nitrogens with one attached hydrogen (secondary N) is 2. The van der Waals surface area contributed by atoms with Crippen molar-refractivity contribution in [2.24, 2.45) is 0 Å². The molecule has 2 rings (SSSR count). The zero-order valence-corrected chi connectivity index (χ0v) is 11.9. The first-order valence-corrected chi connectivity index (χ1v) is 6.72.